The van der Waals surface area contributed by atoms with Gasteiger partial charge in [-0.05, 0) is 18.6 Å². The molecule has 24 heavy (non-hydrogen) atoms. The Kier molecular flexibility index (Phi) is 5.63. The van der Waals surface area contributed by atoms with Crippen LogP contribution in [0.5, 0.6) is 5.75 Å². The Labute approximate surface area is 146 Å². The van der Waals surface area contributed by atoms with E-state index in [2.05, 4.69) is 5.32 Å². The van der Waals surface area contributed by atoms with Gasteiger partial charge in [-0.2, -0.15) is 0 Å². The summed E-state index contributed by atoms with van der Waals surface area (Å²) in [7, 11) is 1.57. The number of hydrogen-bond acceptors (Lipinski definition) is 5. The predicted molar refractivity (Wildman–Crippen MR) is 94.3 cm³/mol. The topological polar surface area (TPSA) is 61.9 Å². The summed E-state index contributed by atoms with van der Waals surface area (Å²) in [6, 6.07) is 7.20. The number of nitrogens with one attached hydrogen (secondary N) is 1. The normalized spacial score (nSPS) is 21.5. The van der Waals surface area contributed by atoms with Crippen molar-refractivity contribution in [3.05, 3.63) is 29.8 Å². The molecule has 0 aromatic heterocycles. The summed E-state index contributed by atoms with van der Waals surface area (Å²) in [5.41, 5.74) is 0.577. The van der Waals surface area contributed by atoms with Crippen LogP contribution < -0.4 is 10.1 Å². The second-order valence-electron chi connectivity index (χ2n) is 5.94. The van der Waals surface area contributed by atoms with Gasteiger partial charge in [-0.3, -0.25) is 14.9 Å². The molecular weight excluding hydrogens is 326 g/mol. The first kappa shape index (κ1) is 17.1. The van der Waals surface area contributed by atoms with Crippen LogP contribution in [0.3, 0.4) is 0 Å². The molecule has 2 aliphatic heterocycles. The first-order valence-corrected chi connectivity index (χ1v) is 9.38. The lowest BCUT2D eigenvalue weighted by Crippen LogP contribution is -2.46. The maximum atomic E-state index is 12.8. The molecule has 130 valence electrons. The van der Waals surface area contributed by atoms with E-state index in [4.69, 9.17) is 4.74 Å². The first-order chi connectivity index (χ1) is 11.7. The number of rotatable bonds is 3. The Balaban J connectivity index is 1.64. The average molecular weight is 349 g/mol. The number of carbonyl (C=O) groups is 2. The highest BCUT2D eigenvalue weighted by molar-refractivity contribution is 7.99. The summed E-state index contributed by atoms with van der Waals surface area (Å²) in [4.78, 5) is 29.0. The van der Waals surface area contributed by atoms with Crippen molar-refractivity contribution < 1.29 is 14.3 Å². The van der Waals surface area contributed by atoms with Crippen molar-refractivity contribution in [1.82, 2.24) is 15.1 Å². The summed E-state index contributed by atoms with van der Waals surface area (Å²) in [5, 5.41) is 3.22. The van der Waals surface area contributed by atoms with Crippen LogP contribution >= 0.6 is 11.8 Å². The number of carbonyl (C=O) groups excluding carboxylic acids is 2. The molecule has 7 heteroatoms. The van der Waals surface area contributed by atoms with Crippen LogP contribution in [0.2, 0.25) is 0 Å². The molecule has 2 fully saturated rings. The third kappa shape index (κ3) is 3.67. The number of thioether (sulfide) groups is 1. The fourth-order valence-corrected chi connectivity index (χ4v) is 4.04. The van der Waals surface area contributed by atoms with Gasteiger partial charge in [0.05, 0.1) is 18.7 Å². The van der Waals surface area contributed by atoms with E-state index in [0.29, 0.717) is 37.5 Å². The molecule has 1 unspecified atom stereocenters. The summed E-state index contributed by atoms with van der Waals surface area (Å²) >= 11 is 1.75. The van der Waals surface area contributed by atoms with Gasteiger partial charge in [0.1, 0.15) is 5.75 Å². The lowest BCUT2D eigenvalue weighted by Gasteiger charge is -2.24. The molecule has 2 heterocycles. The Morgan fingerprint density at radius 3 is 2.67 bits per heavy atom. The highest BCUT2D eigenvalue weighted by Crippen LogP contribution is 2.20. The Hall–Kier alpha value is -1.73. The van der Waals surface area contributed by atoms with E-state index in [1.54, 1.807) is 31.0 Å². The van der Waals surface area contributed by atoms with E-state index in [9.17, 15) is 9.59 Å². The van der Waals surface area contributed by atoms with Crippen LogP contribution in [-0.4, -0.2) is 72.6 Å². The lowest BCUT2D eigenvalue weighted by atomic mass is 10.1. The molecule has 3 rings (SSSR count). The van der Waals surface area contributed by atoms with E-state index in [0.717, 1.165) is 18.1 Å². The van der Waals surface area contributed by atoms with Crippen LogP contribution in [0, 0.1) is 0 Å². The number of para-hydroxylation sites is 1. The van der Waals surface area contributed by atoms with Crippen LogP contribution in [0.4, 0.5) is 0 Å². The molecule has 6 nitrogen and oxygen atoms in total. The summed E-state index contributed by atoms with van der Waals surface area (Å²) < 4.78 is 5.29. The number of ether oxygens (including phenoxy) is 1. The van der Waals surface area contributed by atoms with Crippen LogP contribution in [0.15, 0.2) is 24.3 Å². The molecule has 0 aliphatic carbocycles. The number of hydrogen-bond donors (Lipinski definition) is 1. The second-order valence-corrected chi connectivity index (χ2v) is 6.97. The van der Waals surface area contributed by atoms with Crippen molar-refractivity contribution in [2.24, 2.45) is 0 Å². The quantitative estimate of drug-likeness (QED) is 0.883. The molecule has 2 saturated heterocycles. The predicted octanol–water partition coefficient (Wildman–Crippen LogP) is 1.03. The van der Waals surface area contributed by atoms with Gasteiger partial charge in [-0.15, -0.1) is 11.8 Å². The molecule has 2 aliphatic rings. The highest BCUT2D eigenvalue weighted by atomic mass is 32.2. The molecule has 0 bridgehead atoms. The van der Waals surface area contributed by atoms with Gasteiger partial charge in [-0.1, -0.05) is 12.1 Å². The Bertz CT molecular complexity index is 604. The Morgan fingerprint density at radius 1 is 1.17 bits per heavy atom. The van der Waals surface area contributed by atoms with Crippen LogP contribution in [0.25, 0.3) is 0 Å². The molecule has 1 atom stereocenters. The highest BCUT2D eigenvalue weighted by Gasteiger charge is 2.29. The van der Waals surface area contributed by atoms with Crippen molar-refractivity contribution in [3.8, 4) is 5.75 Å². The summed E-state index contributed by atoms with van der Waals surface area (Å²) in [5.74, 6) is 2.39. The molecular formula is C17H23N3O3S. The number of methoxy groups -OCH3 is 1. The van der Waals surface area contributed by atoms with Crippen molar-refractivity contribution in [2.75, 3.05) is 44.9 Å². The number of amides is 2. The van der Waals surface area contributed by atoms with Crippen LogP contribution in [0.1, 0.15) is 16.8 Å². The van der Waals surface area contributed by atoms with Gasteiger partial charge in [0.2, 0.25) is 5.91 Å². The van der Waals surface area contributed by atoms with Gasteiger partial charge in [0.25, 0.3) is 5.91 Å². The van der Waals surface area contributed by atoms with Gasteiger partial charge in [0.15, 0.2) is 0 Å². The van der Waals surface area contributed by atoms with Crippen molar-refractivity contribution >= 4 is 23.6 Å². The molecule has 2 amide bonds. The number of nitrogens with zero attached hydrogens (tertiary/aromatic N) is 2. The van der Waals surface area contributed by atoms with Crippen molar-refractivity contribution in [3.63, 3.8) is 0 Å². The minimum absolute atomic E-state index is 0.0312. The van der Waals surface area contributed by atoms with E-state index in [1.165, 1.54) is 0 Å². The molecule has 0 saturated carbocycles. The molecule has 1 N–H and O–H groups in total. The van der Waals surface area contributed by atoms with Crippen molar-refractivity contribution in [1.29, 1.82) is 0 Å². The fourth-order valence-electron chi connectivity index (χ4n) is 3.11. The van der Waals surface area contributed by atoms with E-state index in [-0.39, 0.29) is 17.9 Å². The maximum absolute atomic E-state index is 12.8. The molecule has 1 aromatic carbocycles. The van der Waals surface area contributed by atoms with Crippen LogP contribution in [-0.2, 0) is 4.79 Å². The molecule has 1 aromatic rings. The minimum Gasteiger partial charge on any atom is -0.496 e. The average Bonchev–Trinajstić information content (AvgIpc) is 3.05. The van der Waals surface area contributed by atoms with Gasteiger partial charge < -0.3 is 14.5 Å². The first-order valence-electron chi connectivity index (χ1n) is 8.23. The zero-order valence-electron chi connectivity index (χ0n) is 13.9. The SMILES string of the molecule is COc1ccccc1C(=O)N1CCCN(C(=O)C2CSCN2)CC1. The molecule has 0 spiro atoms. The smallest absolute Gasteiger partial charge is 0.257 e. The second kappa shape index (κ2) is 7.90. The standard InChI is InChI=1S/C17H23N3O3S/c1-23-15-6-3-2-5-13(15)16(21)19-7-4-8-20(10-9-19)17(22)14-11-24-12-18-14/h2-3,5-6,14,18H,4,7-12H2,1H3. The van der Waals surface area contributed by atoms with E-state index < -0.39 is 0 Å². The van der Waals surface area contributed by atoms with E-state index in [1.807, 2.05) is 21.9 Å². The largest absolute Gasteiger partial charge is 0.496 e. The third-order valence-electron chi connectivity index (χ3n) is 4.45. The zero-order valence-corrected chi connectivity index (χ0v) is 14.7. The van der Waals surface area contributed by atoms with Gasteiger partial charge >= 0.3 is 0 Å². The third-order valence-corrected chi connectivity index (χ3v) is 5.39. The van der Waals surface area contributed by atoms with Gasteiger partial charge in [-0.25, -0.2) is 0 Å². The summed E-state index contributed by atoms with van der Waals surface area (Å²) in [6.45, 7) is 2.51. The fraction of sp³-hybridized carbons (Fsp3) is 0.529. The minimum atomic E-state index is -0.0773. The van der Waals surface area contributed by atoms with E-state index >= 15 is 0 Å². The summed E-state index contributed by atoms with van der Waals surface area (Å²) in [6.07, 6.45) is 0.798. The number of benzene rings is 1. The van der Waals surface area contributed by atoms with Gasteiger partial charge in [0, 0.05) is 37.8 Å². The van der Waals surface area contributed by atoms with Crippen molar-refractivity contribution in [2.45, 2.75) is 12.5 Å². The maximum Gasteiger partial charge on any atom is 0.257 e. The Morgan fingerprint density at radius 2 is 1.92 bits per heavy atom. The lowest BCUT2D eigenvalue weighted by molar-refractivity contribution is -0.132. The monoisotopic (exact) mass is 349 g/mol. The zero-order chi connectivity index (χ0) is 16.9. The molecule has 0 radical (unpaired) electrons.